The van der Waals surface area contributed by atoms with Crippen LogP contribution in [-0.4, -0.2) is 83.2 Å². The number of aromatic amines is 1. The van der Waals surface area contributed by atoms with Gasteiger partial charge in [-0.05, 0) is 33.9 Å². The van der Waals surface area contributed by atoms with E-state index in [0.29, 0.717) is 55.6 Å². The van der Waals surface area contributed by atoms with Crippen LogP contribution in [0.4, 0.5) is 5.82 Å². The number of carbonyl (C=O) groups excluding carboxylic acids is 1. The number of rotatable bonds is 8. The maximum absolute atomic E-state index is 12.6. The van der Waals surface area contributed by atoms with E-state index in [2.05, 4.69) is 20.3 Å². The quantitative estimate of drug-likeness (QED) is 0.521. The molecule has 2 aromatic heterocycles. The van der Waals surface area contributed by atoms with Crippen molar-refractivity contribution in [2.45, 2.75) is 25.8 Å². The van der Waals surface area contributed by atoms with Gasteiger partial charge in [-0.25, -0.2) is 4.79 Å². The number of halogens is 2. The third-order valence-electron chi connectivity index (χ3n) is 5.12. The van der Waals surface area contributed by atoms with E-state index in [4.69, 9.17) is 27.9 Å². The van der Waals surface area contributed by atoms with Crippen LogP contribution < -0.4 is 15.0 Å². The molecule has 0 radical (unpaired) electrons. The van der Waals surface area contributed by atoms with Crippen molar-refractivity contribution in [2.75, 3.05) is 45.2 Å². The average Bonchev–Trinajstić information content (AvgIpc) is 3.01. The zero-order chi connectivity index (χ0) is 23.4. The SMILES string of the molecule is Cc1[nH]c(C(=O)NC2CCN(c3cc(C(=O)O)nc(OCCN(C)C)n3)CC2)c(Cl)c1Cl. The Morgan fingerprint density at radius 1 is 1.28 bits per heavy atom. The third-order valence-corrected chi connectivity index (χ3v) is 6.06. The second-order valence-electron chi connectivity index (χ2n) is 7.84. The maximum Gasteiger partial charge on any atom is 0.354 e. The molecule has 0 unspecified atom stereocenters. The molecule has 10 nitrogen and oxygen atoms in total. The Hall–Kier alpha value is -2.56. The second kappa shape index (κ2) is 10.4. The fraction of sp³-hybridized carbons (Fsp3) is 0.500. The van der Waals surface area contributed by atoms with E-state index in [1.165, 1.54) is 6.07 Å². The molecular weight excluding hydrogens is 459 g/mol. The highest BCUT2D eigenvalue weighted by atomic mass is 35.5. The van der Waals surface area contributed by atoms with Crippen molar-refractivity contribution < 1.29 is 19.4 Å². The lowest BCUT2D eigenvalue weighted by atomic mass is 10.0. The standard InChI is InChI=1S/C20H26Cl2N6O4/c1-11-15(21)16(22)17(23-11)18(29)24-12-4-6-28(7-5-12)14-10-13(19(30)31)25-20(26-14)32-9-8-27(2)3/h10,12,23H,4-9H2,1-3H3,(H,24,29)(H,30,31). The number of carbonyl (C=O) groups is 2. The molecular formula is C20H26Cl2N6O4. The zero-order valence-electron chi connectivity index (χ0n) is 18.1. The molecule has 32 heavy (non-hydrogen) atoms. The number of piperidine rings is 1. The molecule has 1 saturated heterocycles. The number of ether oxygens (including phenoxy) is 1. The summed E-state index contributed by atoms with van der Waals surface area (Å²) in [4.78, 5) is 39.2. The minimum Gasteiger partial charge on any atom is -0.477 e. The van der Waals surface area contributed by atoms with E-state index < -0.39 is 5.97 Å². The zero-order valence-corrected chi connectivity index (χ0v) is 19.6. The number of aryl methyl sites for hydroxylation is 1. The van der Waals surface area contributed by atoms with Gasteiger partial charge in [-0.1, -0.05) is 23.2 Å². The Morgan fingerprint density at radius 2 is 1.97 bits per heavy atom. The highest BCUT2D eigenvalue weighted by molar-refractivity contribution is 6.44. The number of H-pyrrole nitrogens is 1. The van der Waals surface area contributed by atoms with Gasteiger partial charge in [0.05, 0.1) is 10.0 Å². The third kappa shape index (κ3) is 5.81. The lowest BCUT2D eigenvalue weighted by molar-refractivity contribution is 0.0688. The highest BCUT2D eigenvalue weighted by Gasteiger charge is 2.26. The van der Waals surface area contributed by atoms with Crippen LogP contribution in [0.25, 0.3) is 0 Å². The van der Waals surface area contributed by atoms with Gasteiger partial charge in [0.2, 0.25) is 0 Å². The summed E-state index contributed by atoms with van der Waals surface area (Å²) in [6.07, 6.45) is 1.31. The molecule has 0 spiro atoms. The minimum atomic E-state index is -1.15. The molecule has 1 aliphatic rings. The van der Waals surface area contributed by atoms with E-state index in [9.17, 15) is 14.7 Å². The van der Waals surface area contributed by atoms with E-state index in [0.717, 1.165) is 0 Å². The van der Waals surface area contributed by atoms with Crippen molar-refractivity contribution in [2.24, 2.45) is 0 Å². The van der Waals surface area contributed by atoms with Crippen molar-refractivity contribution >= 4 is 40.9 Å². The summed E-state index contributed by atoms with van der Waals surface area (Å²) in [6, 6.07) is 1.41. The fourth-order valence-electron chi connectivity index (χ4n) is 3.31. The van der Waals surface area contributed by atoms with Crippen LogP contribution in [0.1, 0.15) is 39.5 Å². The molecule has 0 bridgehead atoms. The number of amides is 1. The first-order valence-electron chi connectivity index (χ1n) is 10.1. The summed E-state index contributed by atoms with van der Waals surface area (Å²) < 4.78 is 5.55. The molecule has 0 aromatic carbocycles. The Balaban J connectivity index is 1.63. The number of hydrogen-bond donors (Lipinski definition) is 3. The number of hydrogen-bond acceptors (Lipinski definition) is 7. The lowest BCUT2D eigenvalue weighted by Gasteiger charge is -2.33. The molecule has 3 N–H and O–H groups in total. The molecule has 1 aliphatic heterocycles. The van der Waals surface area contributed by atoms with Crippen LogP contribution in [0.5, 0.6) is 6.01 Å². The number of likely N-dealkylation sites (N-methyl/N-ethyl adjacent to an activating group) is 1. The predicted molar refractivity (Wildman–Crippen MR) is 121 cm³/mol. The molecule has 1 amide bonds. The first-order chi connectivity index (χ1) is 15.2. The van der Waals surface area contributed by atoms with Gasteiger partial charge in [-0.15, -0.1) is 0 Å². The van der Waals surface area contributed by atoms with Gasteiger partial charge >= 0.3 is 12.0 Å². The Labute approximate surface area is 195 Å². The van der Waals surface area contributed by atoms with Gasteiger partial charge < -0.3 is 29.9 Å². The van der Waals surface area contributed by atoms with Gasteiger partial charge in [0.25, 0.3) is 5.91 Å². The van der Waals surface area contributed by atoms with Crippen molar-refractivity contribution in [3.05, 3.63) is 33.2 Å². The number of aromatic carboxylic acids is 1. The number of carboxylic acid groups (broad SMARTS) is 1. The monoisotopic (exact) mass is 484 g/mol. The van der Waals surface area contributed by atoms with E-state index in [1.54, 1.807) is 6.92 Å². The summed E-state index contributed by atoms with van der Waals surface area (Å²) in [5.41, 5.74) is 0.759. The number of carboxylic acids is 1. The predicted octanol–water partition coefficient (Wildman–Crippen LogP) is 2.46. The normalized spacial score (nSPS) is 14.6. The molecule has 12 heteroatoms. The lowest BCUT2D eigenvalue weighted by Crippen LogP contribution is -2.45. The molecule has 3 heterocycles. The van der Waals surface area contributed by atoms with Gasteiger partial charge in [0, 0.05) is 37.4 Å². The number of nitrogens with one attached hydrogen (secondary N) is 2. The largest absolute Gasteiger partial charge is 0.477 e. The van der Waals surface area contributed by atoms with Crippen molar-refractivity contribution in [1.82, 2.24) is 25.2 Å². The molecule has 3 rings (SSSR count). The highest BCUT2D eigenvalue weighted by Crippen LogP contribution is 2.29. The first-order valence-corrected chi connectivity index (χ1v) is 10.9. The summed E-state index contributed by atoms with van der Waals surface area (Å²) in [5, 5.41) is 12.9. The summed E-state index contributed by atoms with van der Waals surface area (Å²) in [7, 11) is 3.82. The van der Waals surface area contributed by atoms with Crippen LogP contribution in [0.2, 0.25) is 10.0 Å². The van der Waals surface area contributed by atoms with Crippen molar-refractivity contribution in [3.8, 4) is 6.01 Å². The molecule has 0 aliphatic carbocycles. The van der Waals surface area contributed by atoms with Crippen LogP contribution in [0.3, 0.4) is 0 Å². The van der Waals surface area contributed by atoms with Crippen LogP contribution in [0, 0.1) is 6.92 Å². The number of anilines is 1. The Morgan fingerprint density at radius 3 is 2.53 bits per heavy atom. The van der Waals surface area contributed by atoms with Crippen molar-refractivity contribution in [3.63, 3.8) is 0 Å². The minimum absolute atomic E-state index is 0.0332. The van der Waals surface area contributed by atoms with Crippen molar-refractivity contribution in [1.29, 1.82) is 0 Å². The molecule has 2 aromatic rings. The van der Waals surface area contributed by atoms with Crippen LogP contribution >= 0.6 is 23.2 Å². The van der Waals surface area contributed by atoms with Gasteiger partial charge in [-0.2, -0.15) is 9.97 Å². The summed E-state index contributed by atoms with van der Waals surface area (Å²) in [5.74, 6) is -0.975. The number of aromatic nitrogens is 3. The first kappa shape index (κ1) is 24.1. The molecule has 1 fully saturated rings. The molecule has 0 saturated carbocycles. The number of nitrogens with zero attached hydrogens (tertiary/aromatic N) is 4. The van der Waals surface area contributed by atoms with Crippen LogP contribution in [0.15, 0.2) is 6.07 Å². The van der Waals surface area contributed by atoms with E-state index in [1.807, 2.05) is 23.9 Å². The maximum atomic E-state index is 12.6. The second-order valence-corrected chi connectivity index (χ2v) is 8.59. The van der Waals surface area contributed by atoms with E-state index in [-0.39, 0.29) is 34.4 Å². The summed E-state index contributed by atoms with van der Waals surface area (Å²) in [6.45, 7) is 3.90. The average molecular weight is 485 g/mol. The van der Waals surface area contributed by atoms with Crippen LogP contribution in [-0.2, 0) is 0 Å². The molecule has 0 atom stereocenters. The Kier molecular flexibility index (Phi) is 7.81. The topological polar surface area (TPSA) is 124 Å². The summed E-state index contributed by atoms with van der Waals surface area (Å²) >= 11 is 12.2. The van der Waals surface area contributed by atoms with Gasteiger partial charge in [-0.3, -0.25) is 4.79 Å². The van der Waals surface area contributed by atoms with E-state index >= 15 is 0 Å². The fourth-order valence-corrected chi connectivity index (χ4v) is 3.72. The molecule has 174 valence electrons. The van der Waals surface area contributed by atoms with Gasteiger partial charge in [0.1, 0.15) is 18.1 Å². The smallest absolute Gasteiger partial charge is 0.354 e. The van der Waals surface area contributed by atoms with Gasteiger partial charge in [0.15, 0.2) is 5.69 Å². The Bertz CT molecular complexity index is 989.